The van der Waals surface area contributed by atoms with Crippen LogP contribution in [0.3, 0.4) is 0 Å². The minimum Gasteiger partial charge on any atom is -0.477 e. The van der Waals surface area contributed by atoms with E-state index in [1.807, 2.05) is 31.2 Å². The molecule has 0 unspecified atom stereocenters. The van der Waals surface area contributed by atoms with Crippen LogP contribution in [-0.2, 0) is 0 Å². The predicted octanol–water partition coefficient (Wildman–Crippen LogP) is 3.70. The molecule has 2 N–H and O–H groups in total. The summed E-state index contributed by atoms with van der Waals surface area (Å²) >= 11 is 4.33. The van der Waals surface area contributed by atoms with Crippen molar-refractivity contribution >= 4 is 39.1 Å². The van der Waals surface area contributed by atoms with Crippen LogP contribution in [0.5, 0.6) is 0 Å². The van der Waals surface area contributed by atoms with E-state index >= 15 is 0 Å². The van der Waals surface area contributed by atoms with Crippen LogP contribution in [0.1, 0.15) is 37.9 Å². The summed E-state index contributed by atoms with van der Waals surface area (Å²) in [6.45, 7) is 1.88. The second kappa shape index (κ2) is 6.19. The van der Waals surface area contributed by atoms with E-state index in [9.17, 15) is 9.59 Å². The Hall–Kier alpha value is -1.66. The first kappa shape index (κ1) is 14.7. The Morgan fingerprint density at radius 3 is 2.30 bits per heavy atom. The quantitative estimate of drug-likeness (QED) is 0.880. The molecule has 0 radical (unpaired) electrons. The molecule has 2 aromatic rings. The second-order valence-electron chi connectivity index (χ2n) is 4.22. The van der Waals surface area contributed by atoms with Crippen molar-refractivity contribution in [3.8, 4) is 0 Å². The Labute approximate surface area is 128 Å². The molecule has 6 heteroatoms. The number of carboxylic acid groups (broad SMARTS) is 1. The van der Waals surface area contributed by atoms with Gasteiger partial charge >= 0.3 is 5.97 Å². The van der Waals surface area contributed by atoms with Gasteiger partial charge in [0.25, 0.3) is 5.91 Å². The molecule has 0 aliphatic carbocycles. The number of aromatic carboxylic acids is 1. The van der Waals surface area contributed by atoms with E-state index in [1.165, 1.54) is 12.1 Å². The van der Waals surface area contributed by atoms with Crippen molar-refractivity contribution in [2.75, 3.05) is 0 Å². The van der Waals surface area contributed by atoms with Crippen LogP contribution in [0.25, 0.3) is 0 Å². The van der Waals surface area contributed by atoms with Crippen molar-refractivity contribution < 1.29 is 14.7 Å². The third-order valence-electron chi connectivity index (χ3n) is 2.76. The summed E-state index contributed by atoms with van der Waals surface area (Å²) in [7, 11) is 0. The van der Waals surface area contributed by atoms with Gasteiger partial charge in [-0.1, -0.05) is 28.1 Å². The number of carboxylic acids is 1. The molecule has 4 nitrogen and oxygen atoms in total. The summed E-state index contributed by atoms with van der Waals surface area (Å²) in [5.41, 5.74) is 0.983. The van der Waals surface area contributed by atoms with Gasteiger partial charge in [-0.15, -0.1) is 11.3 Å². The van der Waals surface area contributed by atoms with Gasteiger partial charge in [0, 0.05) is 4.47 Å². The fourth-order valence-electron chi connectivity index (χ4n) is 1.68. The number of thiophene rings is 1. The maximum absolute atomic E-state index is 12.0. The first-order chi connectivity index (χ1) is 9.47. The van der Waals surface area contributed by atoms with Gasteiger partial charge in [-0.05, 0) is 36.8 Å². The molecule has 1 heterocycles. The molecule has 1 aromatic carbocycles. The van der Waals surface area contributed by atoms with Gasteiger partial charge < -0.3 is 10.4 Å². The fraction of sp³-hybridized carbons (Fsp3) is 0.143. The maximum atomic E-state index is 12.0. The lowest BCUT2D eigenvalue weighted by molar-refractivity contribution is 0.0702. The molecule has 1 aromatic heterocycles. The average molecular weight is 354 g/mol. The zero-order valence-electron chi connectivity index (χ0n) is 10.6. The lowest BCUT2D eigenvalue weighted by Crippen LogP contribution is -2.25. The topological polar surface area (TPSA) is 66.4 Å². The molecule has 0 bridgehead atoms. The Kier molecular flexibility index (Phi) is 4.57. The highest BCUT2D eigenvalue weighted by Crippen LogP contribution is 2.20. The molecule has 1 amide bonds. The van der Waals surface area contributed by atoms with Crippen molar-refractivity contribution in [3.05, 3.63) is 56.2 Å². The minimum atomic E-state index is -1.02. The normalized spacial score (nSPS) is 11.9. The number of rotatable bonds is 4. The minimum absolute atomic E-state index is 0.147. The molecule has 1 atom stereocenters. The van der Waals surface area contributed by atoms with E-state index in [0.29, 0.717) is 4.88 Å². The average Bonchev–Trinajstić information content (AvgIpc) is 2.89. The molecule has 20 heavy (non-hydrogen) atoms. The molecular formula is C14H12BrNO3S. The van der Waals surface area contributed by atoms with Crippen molar-refractivity contribution in [2.45, 2.75) is 13.0 Å². The molecule has 104 valence electrons. The van der Waals surface area contributed by atoms with E-state index in [-0.39, 0.29) is 16.8 Å². The second-order valence-corrected chi connectivity index (χ2v) is 6.22. The zero-order chi connectivity index (χ0) is 14.7. The van der Waals surface area contributed by atoms with Gasteiger partial charge in [0.1, 0.15) is 4.88 Å². The van der Waals surface area contributed by atoms with Crippen molar-refractivity contribution in [2.24, 2.45) is 0 Å². The molecule has 0 spiro atoms. The van der Waals surface area contributed by atoms with Gasteiger partial charge in [-0.25, -0.2) is 4.79 Å². The Morgan fingerprint density at radius 1 is 1.15 bits per heavy atom. The number of amides is 1. The Morgan fingerprint density at radius 2 is 1.75 bits per heavy atom. The maximum Gasteiger partial charge on any atom is 0.345 e. The summed E-state index contributed by atoms with van der Waals surface area (Å²) in [5.74, 6) is -1.28. The smallest absolute Gasteiger partial charge is 0.345 e. The summed E-state index contributed by atoms with van der Waals surface area (Å²) in [6.07, 6.45) is 0. The van der Waals surface area contributed by atoms with Gasteiger partial charge in [-0.3, -0.25) is 4.79 Å². The predicted molar refractivity (Wildman–Crippen MR) is 81.3 cm³/mol. The molecule has 0 aliphatic heterocycles. The highest BCUT2D eigenvalue weighted by atomic mass is 79.9. The van der Waals surface area contributed by atoms with Crippen LogP contribution in [0, 0.1) is 0 Å². The Balaban J connectivity index is 2.06. The summed E-state index contributed by atoms with van der Waals surface area (Å²) in [4.78, 5) is 23.4. The van der Waals surface area contributed by atoms with Crippen LogP contribution in [0.15, 0.2) is 40.9 Å². The number of benzene rings is 1. The SMILES string of the molecule is C[C@@H](NC(=O)c1ccc(C(=O)O)s1)c1ccc(Br)cc1. The van der Waals surface area contributed by atoms with Crippen LogP contribution >= 0.6 is 27.3 Å². The lowest BCUT2D eigenvalue weighted by atomic mass is 10.1. The van der Waals surface area contributed by atoms with Gasteiger partial charge in [0.05, 0.1) is 10.9 Å². The third-order valence-corrected chi connectivity index (χ3v) is 4.36. The van der Waals surface area contributed by atoms with Crippen LogP contribution < -0.4 is 5.32 Å². The summed E-state index contributed by atoms with van der Waals surface area (Å²) in [5, 5.41) is 11.7. The Bertz CT molecular complexity index is 636. The van der Waals surface area contributed by atoms with Gasteiger partial charge in [0.2, 0.25) is 0 Å². The lowest BCUT2D eigenvalue weighted by Gasteiger charge is -2.13. The monoisotopic (exact) mass is 353 g/mol. The largest absolute Gasteiger partial charge is 0.477 e. The number of nitrogens with one attached hydrogen (secondary N) is 1. The number of hydrogen-bond donors (Lipinski definition) is 2. The van der Waals surface area contributed by atoms with Crippen molar-refractivity contribution in [3.63, 3.8) is 0 Å². The third kappa shape index (κ3) is 3.46. The molecule has 0 fully saturated rings. The number of carbonyl (C=O) groups excluding carboxylic acids is 1. The first-order valence-electron chi connectivity index (χ1n) is 5.87. The van der Waals surface area contributed by atoms with Crippen molar-refractivity contribution in [1.29, 1.82) is 0 Å². The first-order valence-corrected chi connectivity index (χ1v) is 7.48. The van der Waals surface area contributed by atoms with Gasteiger partial charge in [-0.2, -0.15) is 0 Å². The highest BCUT2D eigenvalue weighted by Gasteiger charge is 2.15. The van der Waals surface area contributed by atoms with Gasteiger partial charge in [0.15, 0.2) is 0 Å². The number of halogens is 1. The summed E-state index contributed by atoms with van der Waals surface area (Å²) in [6, 6.07) is 10.5. The van der Waals surface area contributed by atoms with Crippen molar-refractivity contribution in [1.82, 2.24) is 5.32 Å². The zero-order valence-corrected chi connectivity index (χ0v) is 13.0. The fourth-order valence-corrected chi connectivity index (χ4v) is 2.69. The standard InChI is InChI=1S/C14H12BrNO3S/c1-8(9-2-4-10(15)5-3-9)16-13(17)11-6-7-12(20-11)14(18)19/h2-8H,1H3,(H,16,17)(H,18,19)/t8-/m1/s1. The number of carbonyl (C=O) groups is 2. The molecule has 0 aliphatic rings. The summed E-state index contributed by atoms with van der Waals surface area (Å²) < 4.78 is 0.976. The molecule has 0 saturated carbocycles. The van der Waals surface area contributed by atoms with Crippen LogP contribution in [0.2, 0.25) is 0 Å². The van der Waals surface area contributed by atoms with E-state index in [2.05, 4.69) is 21.2 Å². The molecule has 2 rings (SSSR count). The van der Waals surface area contributed by atoms with Crippen LogP contribution in [0.4, 0.5) is 0 Å². The molecule has 0 saturated heterocycles. The van der Waals surface area contributed by atoms with E-state index in [4.69, 9.17) is 5.11 Å². The number of hydrogen-bond acceptors (Lipinski definition) is 3. The van der Waals surface area contributed by atoms with E-state index in [0.717, 1.165) is 21.4 Å². The highest BCUT2D eigenvalue weighted by molar-refractivity contribution is 9.10. The molecular weight excluding hydrogens is 342 g/mol. The van der Waals surface area contributed by atoms with E-state index < -0.39 is 5.97 Å². The van der Waals surface area contributed by atoms with Crippen LogP contribution in [-0.4, -0.2) is 17.0 Å². The van der Waals surface area contributed by atoms with E-state index in [1.54, 1.807) is 0 Å².